The van der Waals surface area contributed by atoms with Crippen LogP contribution in [-0.2, 0) is 6.42 Å². The number of fused-ring (bicyclic) bond motifs is 1. The van der Waals surface area contributed by atoms with Crippen LogP contribution in [0.2, 0.25) is 0 Å². The highest BCUT2D eigenvalue weighted by atomic mass is 19.1. The summed E-state index contributed by atoms with van der Waals surface area (Å²) in [5.41, 5.74) is 1.70. The van der Waals surface area contributed by atoms with Crippen molar-refractivity contribution in [3.8, 4) is 0 Å². The van der Waals surface area contributed by atoms with Crippen molar-refractivity contribution in [2.24, 2.45) is 0 Å². The summed E-state index contributed by atoms with van der Waals surface area (Å²) in [6, 6.07) is 7.61. The van der Waals surface area contributed by atoms with Crippen LogP contribution in [0.3, 0.4) is 0 Å². The Kier molecular flexibility index (Phi) is 2.63. The highest BCUT2D eigenvalue weighted by Crippen LogP contribution is 2.33. The predicted molar refractivity (Wildman–Crippen MR) is 66.1 cm³/mol. The van der Waals surface area contributed by atoms with Crippen LogP contribution in [0.5, 0.6) is 0 Å². The van der Waals surface area contributed by atoms with Crippen LogP contribution in [0, 0.1) is 5.82 Å². The van der Waals surface area contributed by atoms with E-state index in [0.29, 0.717) is 12.4 Å². The van der Waals surface area contributed by atoms with Crippen molar-refractivity contribution in [3.05, 3.63) is 47.4 Å². The SMILES string of the molecule is O=C(O)c1ccc(N2CCc3ccc(F)cc32)nn1. The molecule has 6 heteroatoms. The number of halogens is 1. The molecule has 96 valence electrons. The van der Waals surface area contributed by atoms with Gasteiger partial charge in [-0.3, -0.25) is 0 Å². The first-order chi connectivity index (χ1) is 9.15. The zero-order chi connectivity index (χ0) is 13.4. The fraction of sp³-hybridized carbons (Fsp3) is 0.154. The first-order valence-corrected chi connectivity index (χ1v) is 5.78. The van der Waals surface area contributed by atoms with E-state index in [4.69, 9.17) is 5.11 Å². The molecule has 2 aromatic rings. The van der Waals surface area contributed by atoms with E-state index >= 15 is 0 Å². The van der Waals surface area contributed by atoms with Gasteiger partial charge in [-0.2, -0.15) is 0 Å². The maximum Gasteiger partial charge on any atom is 0.356 e. The number of rotatable bonds is 2. The molecule has 2 heterocycles. The number of nitrogens with zero attached hydrogens (tertiary/aromatic N) is 3. The van der Waals surface area contributed by atoms with Crippen LogP contribution in [-0.4, -0.2) is 27.8 Å². The second-order valence-electron chi connectivity index (χ2n) is 4.26. The fourth-order valence-electron chi connectivity index (χ4n) is 2.17. The maximum atomic E-state index is 13.3. The van der Waals surface area contributed by atoms with E-state index < -0.39 is 5.97 Å². The molecule has 0 spiro atoms. The summed E-state index contributed by atoms with van der Waals surface area (Å²) in [5.74, 6) is -0.901. The van der Waals surface area contributed by atoms with Crippen LogP contribution in [0.25, 0.3) is 0 Å². The molecule has 3 rings (SSSR count). The first-order valence-electron chi connectivity index (χ1n) is 5.78. The lowest BCUT2D eigenvalue weighted by atomic mass is 10.2. The van der Waals surface area contributed by atoms with Crippen molar-refractivity contribution in [1.82, 2.24) is 10.2 Å². The predicted octanol–water partition coefficient (Wildman–Crippen LogP) is 2.01. The third-order valence-corrected chi connectivity index (χ3v) is 3.09. The smallest absolute Gasteiger partial charge is 0.356 e. The minimum Gasteiger partial charge on any atom is -0.476 e. The number of hydrogen-bond acceptors (Lipinski definition) is 4. The summed E-state index contributed by atoms with van der Waals surface area (Å²) in [4.78, 5) is 12.5. The van der Waals surface area contributed by atoms with E-state index in [9.17, 15) is 9.18 Å². The van der Waals surface area contributed by atoms with Gasteiger partial charge in [-0.05, 0) is 36.2 Å². The average molecular weight is 259 g/mol. The molecule has 0 saturated heterocycles. The Labute approximate surface area is 108 Å². The van der Waals surface area contributed by atoms with Gasteiger partial charge >= 0.3 is 5.97 Å². The first kappa shape index (κ1) is 11.6. The summed E-state index contributed by atoms with van der Waals surface area (Å²) in [6.45, 7) is 0.680. The Balaban J connectivity index is 1.97. The largest absolute Gasteiger partial charge is 0.476 e. The zero-order valence-corrected chi connectivity index (χ0v) is 9.88. The number of hydrogen-bond donors (Lipinski definition) is 1. The molecule has 0 bridgehead atoms. The van der Waals surface area contributed by atoms with Crippen molar-refractivity contribution in [1.29, 1.82) is 0 Å². The van der Waals surface area contributed by atoms with E-state index in [0.717, 1.165) is 17.7 Å². The lowest BCUT2D eigenvalue weighted by molar-refractivity contribution is 0.0689. The Hall–Kier alpha value is -2.50. The van der Waals surface area contributed by atoms with Gasteiger partial charge in [0.2, 0.25) is 0 Å². The maximum absolute atomic E-state index is 13.3. The Morgan fingerprint density at radius 3 is 2.79 bits per heavy atom. The Morgan fingerprint density at radius 1 is 1.26 bits per heavy atom. The summed E-state index contributed by atoms with van der Waals surface area (Å²) >= 11 is 0. The van der Waals surface area contributed by atoms with Crippen LogP contribution >= 0.6 is 0 Å². The van der Waals surface area contributed by atoms with E-state index in [1.165, 1.54) is 18.2 Å². The summed E-state index contributed by atoms with van der Waals surface area (Å²) < 4.78 is 13.3. The van der Waals surface area contributed by atoms with Crippen molar-refractivity contribution >= 4 is 17.5 Å². The van der Waals surface area contributed by atoms with E-state index in [2.05, 4.69) is 10.2 Å². The average Bonchev–Trinajstić information content (AvgIpc) is 2.81. The topological polar surface area (TPSA) is 66.3 Å². The number of anilines is 2. The molecular weight excluding hydrogens is 249 g/mol. The number of carbonyl (C=O) groups is 1. The van der Waals surface area contributed by atoms with Gasteiger partial charge in [-0.15, -0.1) is 10.2 Å². The Morgan fingerprint density at radius 2 is 2.11 bits per heavy atom. The zero-order valence-electron chi connectivity index (χ0n) is 9.88. The molecule has 0 unspecified atom stereocenters. The highest BCUT2D eigenvalue weighted by molar-refractivity contribution is 5.85. The monoisotopic (exact) mass is 259 g/mol. The molecule has 1 aliphatic rings. The van der Waals surface area contributed by atoms with Crippen molar-refractivity contribution in [3.63, 3.8) is 0 Å². The molecule has 1 aromatic heterocycles. The van der Waals surface area contributed by atoms with Gasteiger partial charge in [0.1, 0.15) is 5.82 Å². The van der Waals surface area contributed by atoms with Gasteiger partial charge < -0.3 is 10.0 Å². The quantitative estimate of drug-likeness (QED) is 0.893. The molecule has 1 aliphatic heterocycles. The van der Waals surface area contributed by atoms with Crippen molar-refractivity contribution in [2.45, 2.75) is 6.42 Å². The number of carboxylic acid groups (broad SMARTS) is 1. The Bertz CT molecular complexity index is 643. The molecule has 19 heavy (non-hydrogen) atoms. The van der Waals surface area contributed by atoms with Crippen LogP contribution in [0.1, 0.15) is 16.1 Å². The van der Waals surface area contributed by atoms with Gasteiger partial charge in [0.15, 0.2) is 11.5 Å². The molecular formula is C13H10FN3O2. The molecule has 0 aliphatic carbocycles. The van der Waals surface area contributed by atoms with Crippen molar-refractivity contribution < 1.29 is 14.3 Å². The van der Waals surface area contributed by atoms with Crippen LogP contribution in [0.4, 0.5) is 15.9 Å². The minimum atomic E-state index is -1.12. The third kappa shape index (κ3) is 2.01. The third-order valence-electron chi connectivity index (χ3n) is 3.09. The lowest BCUT2D eigenvalue weighted by Crippen LogP contribution is -2.16. The molecule has 0 fully saturated rings. The van der Waals surface area contributed by atoms with Gasteiger partial charge in [-0.1, -0.05) is 6.07 Å². The molecule has 0 amide bonds. The van der Waals surface area contributed by atoms with Gasteiger partial charge in [0, 0.05) is 12.2 Å². The standard InChI is InChI=1S/C13H10FN3O2/c14-9-2-1-8-5-6-17(11(8)7-9)12-4-3-10(13(18)19)15-16-12/h1-4,7H,5-6H2,(H,18,19). The number of benzene rings is 1. The normalized spacial score (nSPS) is 13.4. The van der Waals surface area contributed by atoms with E-state index in [1.54, 1.807) is 12.1 Å². The number of aromatic nitrogens is 2. The molecule has 0 saturated carbocycles. The molecule has 0 radical (unpaired) electrons. The minimum absolute atomic E-state index is 0.109. The summed E-state index contributed by atoms with van der Waals surface area (Å²) in [5, 5.41) is 16.3. The van der Waals surface area contributed by atoms with E-state index in [-0.39, 0.29) is 11.5 Å². The van der Waals surface area contributed by atoms with E-state index in [1.807, 2.05) is 4.90 Å². The number of carboxylic acids is 1. The van der Waals surface area contributed by atoms with Gasteiger partial charge in [0.05, 0.1) is 0 Å². The second kappa shape index (κ2) is 4.31. The molecule has 1 N–H and O–H groups in total. The molecule has 0 atom stereocenters. The molecule has 1 aromatic carbocycles. The van der Waals surface area contributed by atoms with Crippen molar-refractivity contribution in [2.75, 3.05) is 11.4 Å². The van der Waals surface area contributed by atoms with Gasteiger partial charge in [0.25, 0.3) is 0 Å². The summed E-state index contributed by atoms with van der Waals surface area (Å²) in [6.07, 6.45) is 0.804. The molecule has 5 nitrogen and oxygen atoms in total. The second-order valence-corrected chi connectivity index (χ2v) is 4.26. The summed E-state index contributed by atoms with van der Waals surface area (Å²) in [7, 11) is 0. The lowest BCUT2D eigenvalue weighted by Gasteiger charge is -2.17. The van der Waals surface area contributed by atoms with Crippen LogP contribution < -0.4 is 4.90 Å². The number of aromatic carboxylic acids is 1. The van der Waals surface area contributed by atoms with Gasteiger partial charge in [-0.25, -0.2) is 9.18 Å². The fourth-order valence-corrected chi connectivity index (χ4v) is 2.17. The van der Waals surface area contributed by atoms with Crippen LogP contribution in [0.15, 0.2) is 30.3 Å². The highest BCUT2D eigenvalue weighted by Gasteiger charge is 2.22.